The van der Waals surface area contributed by atoms with Gasteiger partial charge < -0.3 is 9.90 Å². The molecule has 0 aliphatic carbocycles. The van der Waals surface area contributed by atoms with Crippen molar-refractivity contribution in [3.63, 3.8) is 0 Å². The molecule has 1 aromatic rings. The third-order valence-corrected chi connectivity index (χ3v) is 2.58. The van der Waals surface area contributed by atoms with Crippen LogP contribution in [0.25, 0.3) is 0 Å². The van der Waals surface area contributed by atoms with Gasteiger partial charge in [0.25, 0.3) is 0 Å². The number of nitro groups is 1. The van der Waals surface area contributed by atoms with Gasteiger partial charge in [-0.05, 0) is 34.2 Å². The van der Waals surface area contributed by atoms with Crippen molar-refractivity contribution in [3.8, 4) is 5.75 Å². The predicted octanol–water partition coefficient (Wildman–Crippen LogP) is 0.607. The molecular weight excluding hydrogens is 312 g/mol. The van der Waals surface area contributed by atoms with Crippen molar-refractivity contribution in [1.82, 2.24) is 0 Å². The summed E-state index contributed by atoms with van der Waals surface area (Å²) in [4.78, 5) is 20.8. The van der Waals surface area contributed by atoms with Gasteiger partial charge in [0.05, 0.1) is 14.2 Å². The maximum Gasteiger partial charge on any atom is 0.312 e. The highest BCUT2D eigenvalue weighted by atomic mass is 127. The van der Waals surface area contributed by atoms with Crippen LogP contribution in [0.1, 0.15) is 5.56 Å². The number of benzene rings is 1. The summed E-state index contributed by atoms with van der Waals surface area (Å²) < 4.78 is 0.373. The fraction of sp³-hybridized carbons (Fsp3) is 0.125. The minimum absolute atomic E-state index is 0.0780. The van der Waals surface area contributed by atoms with Crippen molar-refractivity contribution in [2.45, 2.75) is 6.42 Å². The van der Waals surface area contributed by atoms with Crippen LogP contribution in [0.5, 0.6) is 5.75 Å². The molecule has 5 nitrogen and oxygen atoms in total. The Labute approximate surface area is 100 Å². The highest BCUT2D eigenvalue weighted by Crippen LogP contribution is 2.32. The second-order valence-corrected chi connectivity index (χ2v) is 4.24. The van der Waals surface area contributed by atoms with Crippen LogP contribution in [0.4, 0.5) is 5.69 Å². The molecule has 1 aromatic carbocycles. The Bertz CT molecular complexity index is 435. The van der Waals surface area contributed by atoms with Crippen molar-refractivity contribution in [2.75, 3.05) is 0 Å². The first-order valence-electron chi connectivity index (χ1n) is 4.07. The normalized spacial score (nSPS) is 9.93. The lowest BCUT2D eigenvalue weighted by molar-refractivity contribution is -0.386. The van der Waals surface area contributed by atoms with Crippen LogP contribution in [0, 0.1) is 13.7 Å². The van der Waals surface area contributed by atoms with E-state index in [2.05, 4.69) is 0 Å². The van der Waals surface area contributed by atoms with E-state index in [0.29, 0.717) is 9.13 Å². The van der Waals surface area contributed by atoms with Crippen LogP contribution in [0.2, 0.25) is 0 Å². The van der Waals surface area contributed by atoms with Crippen LogP contribution in [0.15, 0.2) is 12.1 Å². The molecule has 0 heterocycles. The molecule has 0 fully saturated rings. The lowest BCUT2D eigenvalue weighted by atomic mass is 9.95. The Morgan fingerprint density at radius 2 is 2.20 bits per heavy atom. The van der Waals surface area contributed by atoms with E-state index in [1.165, 1.54) is 13.9 Å². The van der Waals surface area contributed by atoms with E-state index in [1.807, 2.05) is 0 Å². The molecule has 0 bridgehead atoms. The summed E-state index contributed by atoms with van der Waals surface area (Å²) in [5, 5.41) is 20.0. The SMILES string of the molecule is BC(=O)Cc1cc(I)c(O)c([N+](=O)[O-])c1. The van der Waals surface area contributed by atoms with Crippen molar-refractivity contribution in [2.24, 2.45) is 0 Å². The number of halogens is 1. The number of nitrogens with zero attached hydrogens (tertiary/aromatic N) is 1. The molecule has 0 amide bonds. The zero-order valence-electron chi connectivity index (χ0n) is 7.86. The molecule has 0 saturated heterocycles. The van der Waals surface area contributed by atoms with Gasteiger partial charge in [-0.15, -0.1) is 0 Å². The van der Waals surface area contributed by atoms with E-state index >= 15 is 0 Å². The number of phenolic OH excluding ortho intramolecular Hbond substituents is 1. The molecule has 7 heteroatoms. The van der Waals surface area contributed by atoms with Crippen molar-refractivity contribution >= 4 is 41.8 Å². The zero-order valence-corrected chi connectivity index (χ0v) is 10.0. The average Bonchev–Trinajstić information content (AvgIpc) is 2.09. The largest absolute Gasteiger partial charge is 0.501 e. The minimum atomic E-state index is -0.666. The number of phenols is 1. The monoisotopic (exact) mass is 319 g/mol. The van der Waals surface area contributed by atoms with Crippen molar-refractivity contribution in [3.05, 3.63) is 31.4 Å². The Balaban J connectivity index is 3.23. The van der Waals surface area contributed by atoms with Gasteiger partial charge in [0.15, 0.2) is 7.85 Å². The van der Waals surface area contributed by atoms with E-state index < -0.39 is 4.92 Å². The van der Waals surface area contributed by atoms with Crippen LogP contribution in [-0.4, -0.2) is 23.6 Å². The summed E-state index contributed by atoms with van der Waals surface area (Å²) >= 11 is 1.79. The van der Waals surface area contributed by atoms with Gasteiger partial charge in [0.2, 0.25) is 5.75 Å². The van der Waals surface area contributed by atoms with Crippen LogP contribution >= 0.6 is 22.6 Å². The highest BCUT2D eigenvalue weighted by molar-refractivity contribution is 14.1. The molecule has 0 aliphatic rings. The third kappa shape index (κ3) is 2.91. The minimum Gasteiger partial charge on any atom is -0.501 e. The fourth-order valence-corrected chi connectivity index (χ4v) is 1.84. The predicted molar refractivity (Wildman–Crippen MR) is 64.7 cm³/mol. The van der Waals surface area contributed by atoms with Gasteiger partial charge in [-0.3, -0.25) is 10.1 Å². The number of hydrogen-bond acceptors (Lipinski definition) is 4. The first-order valence-corrected chi connectivity index (χ1v) is 5.15. The molecule has 0 saturated carbocycles. The lowest BCUT2D eigenvalue weighted by Gasteiger charge is -2.02. The zero-order chi connectivity index (χ0) is 11.6. The quantitative estimate of drug-likeness (QED) is 0.383. The van der Waals surface area contributed by atoms with Gasteiger partial charge in [-0.25, -0.2) is 0 Å². The van der Waals surface area contributed by atoms with Gasteiger partial charge in [0, 0.05) is 12.5 Å². The second-order valence-electron chi connectivity index (χ2n) is 3.08. The number of hydrogen-bond donors (Lipinski definition) is 1. The molecule has 1 N–H and O–H groups in total. The van der Waals surface area contributed by atoms with E-state index in [4.69, 9.17) is 0 Å². The second kappa shape index (κ2) is 4.60. The van der Waals surface area contributed by atoms with Crippen molar-refractivity contribution < 1.29 is 14.8 Å². The summed E-state index contributed by atoms with van der Waals surface area (Å²) in [5.74, 6) is -0.354. The maximum absolute atomic E-state index is 10.9. The van der Waals surface area contributed by atoms with Gasteiger partial charge in [-0.2, -0.15) is 0 Å². The molecule has 0 unspecified atom stereocenters. The summed E-state index contributed by atoms with van der Waals surface area (Å²) in [5.41, 5.74) is 0.0975. The number of carbonyl (C=O) groups excluding carboxylic acids is 1. The van der Waals surface area contributed by atoms with E-state index in [9.17, 15) is 20.0 Å². The standard InChI is InChI=1S/C8H7BINO4/c9-7(12)3-4-1-5(10)8(13)6(2-4)11(14)15/h1-2,13H,3,9H2. The number of rotatable bonds is 3. The smallest absolute Gasteiger partial charge is 0.312 e. The number of nitro benzene ring substituents is 1. The molecule has 1 rings (SSSR count). The van der Waals surface area contributed by atoms with Crippen LogP contribution in [-0.2, 0) is 11.2 Å². The van der Waals surface area contributed by atoms with Crippen molar-refractivity contribution in [1.29, 1.82) is 0 Å². The summed E-state index contributed by atoms with van der Waals surface area (Å²) in [7, 11) is 1.41. The van der Waals surface area contributed by atoms with E-state index in [0.717, 1.165) is 0 Å². The highest BCUT2D eigenvalue weighted by Gasteiger charge is 2.17. The van der Waals surface area contributed by atoms with Crippen LogP contribution < -0.4 is 0 Å². The number of aromatic hydroxyl groups is 1. The fourth-order valence-electron chi connectivity index (χ4n) is 1.17. The Morgan fingerprint density at radius 1 is 1.60 bits per heavy atom. The summed E-state index contributed by atoms with van der Waals surface area (Å²) in [6.07, 6.45) is 0.136. The molecule has 78 valence electrons. The lowest BCUT2D eigenvalue weighted by Crippen LogP contribution is -2.02. The first kappa shape index (κ1) is 12.0. The Kier molecular flexibility index (Phi) is 3.67. The Morgan fingerprint density at radius 3 is 2.67 bits per heavy atom. The molecule has 0 spiro atoms. The van der Waals surface area contributed by atoms with E-state index in [-0.39, 0.29) is 23.5 Å². The molecule has 0 aliphatic heterocycles. The van der Waals surface area contributed by atoms with Gasteiger partial charge in [-0.1, -0.05) is 0 Å². The Hall–Kier alpha value is -1.12. The topological polar surface area (TPSA) is 80.4 Å². The van der Waals surface area contributed by atoms with Gasteiger partial charge >= 0.3 is 5.69 Å². The van der Waals surface area contributed by atoms with Gasteiger partial charge in [0.1, 0.15) is 0 Å². The molecule has 0 atom stereocenters. The molecule has 15 heavy (non-hydrogen) atoms. The maximum atomic E-state index is 10.9. The summed E-state index contributed by atoms with van der Waals surface area (Å²) in [6.45, 7) is 0. The van der Waals surface area contributed by atoms with E-state index in [1.54, 1.807) is 28.7 Å². The average molecular weight is 319 g/mol. The third-order valence-electron chi connectivity index (χ3n) is 1.75. The number of carbonyl (C=O) groups is 1. The molecular formula is C8H7BINO4. The molecule has 0 aromatic heterocycles. The molecule has 0 radical (unpaired) electrons. The van der Waals surface area contributed by atoms with Crippen LogP contribution in [0.3, 0.4) is 0 Å². The first-order chi connectivity index (χ1) is 6.91. The summed E-state index contributed by atoms with van der Waals surface area (Å²) in [6, 6.07) is 2.78.